The first-order valence-electron chi connectivity index (χ1n) is 10.6. The molecule has 3 aromatic carbocycles. The van der Waals surface area contributed by atoms with Crippen molar-refractivity contribution >= 4 is 5.97 Å². The van der Waals surface area contributed by atoms with Crippen LogP contribution in [-0.4, -0.2) is 41.0 Å². The molecule has 0 fully saturated rings. The van der Waals surface area contributed by atoms with Crippen LogP contribution in [0.3, 0.4) is 0 Å². The molecule has 0 spiro atoms. The van der Waals surface area contributed by atoms with E-state index in [4.69, 9.17) is 14.6 Å². The summed E-state index contributed by atoms with van der Waals surface area (Å²) in [5, 5.41) is 22.5. The highest BCUT2D eigenvalue weighted by Crippen LogP contribution is 2.23. The van der Waals surface area contributed by atoms with Crippen molar-refractivity contribution in [3.05, 3.63) is 89.7 Å². The normalized spacial score (nSPS) is 12.2. The molecule has 7 heteroatoms. The average Bonchev–Trinajstić information content (AvgIpc) is 2.79. The number of carbonyl (C=O) groups is 1. The summed E-state index contributed by atoms with van der Waals surface area (Å²) in [6, 6.07) is 20.0. The van der Waals surface area contributed by atoms with Crippen LogP contribution < -0.4 is 14.8 Å². The van der Waals surface area contributed by atoms with Crippen molar-refractivity contribution in [1.29, 1.82) is 0 Å². The molecule has 0 unspecified atom stereocenters. The molecule has 1 atom stereocenters. The summed E-state index contributed by atoms with van der Waals surface area (Å²) in [4.78, 5) is 10.9. The zero-order valence-electron chi connectivity index (χ0n) is 18.6. The maximum atomic E-state index is 13.6. The van der Waals surface area contributed by atoms with Gasteiger partial charge in [0.2, 0.25) is 0 Å². The SMILES string of the molecule is CC(C)(Cc1ccc(Oc2ccc(C(=O)O)cc2)cc1)NC[C@H](O)COc1ccccc1F. The van der Waals surface area contributed by atoms with Crippen LogP contribution in [0.1, 0.15) is 29.8 Å². The van der Waals surface area contributed by atoms with Crippen molar-refractivity contribution in [2.24, 2.45) is 0 Å². The first kappa shape index (κ1) is 24.2. The first-order valence-corrected chi connectivity index (χ1v) is 10.6. The Morgan fingerprint density at radius 3 is 2.21 bits per heavy atom. The Bertz CT molecular complexity index is 1050. The van der Waals surface area contributed by atoms with E-state index in [0.29, 0.717) is 24.5 Å². The molecule has 0 amide bonds. The Morgan fingerprint density at radius 2 is 1.61 bits per heavy atom. The maximum absolute atomic E-state index is 13.6. The molecular formula is C26H28FNO5. The van der Waals surface area contributed by atoms with E-state index in [9.17, 15) is 14.3 Å². The molecule has 33 heavy (non-hydrogen) atoms. The van der Waals surface area contributed by atoms with Gasteiger partial charge in [0.1, 0.15) is 24.2 Å². The number of β-amino-alcohol motifs (C(OH)–C–C–N with tert-alkyl or cyclic N) is 1. The number of halogens is 1. The van der Waals surface area contributed by atoms with Gasteiger partial charge in [0, 0.05) is 12.1 Å². The quantitative estimate of drug-likeness (QED) is 0.391. The fourth-order valence-electron chi connectivity index (χ4n) is 3.25. The largest absolute Gasteiger partial charge is 0.488 e. The Hall–Kier alpha value is -3.42. The van der Waals surface area contributed by atoms with E-state index in [1.54, 1.807) is 24.3 Å². The third-order valence-corrected chi connectivity index (χ3v) is 4.99. The van der Waals surface area contributed by atoms with Gasteiger partial charge in [-0.3, -0.25) is 0 Å². The predicted octanol–water partition coefficient (Wildman–Crippen LogP) is 4.67. The molecule has 0 bridgehead atoms. The minimum Gasteiger partial charge on any atom is -0.488 e. The highest BCUT2D eigenvalue weighted by Gasteiger charge is 2.20. The number of carboxylic acids is 1. The number of ether oxygens (including phenoxy) is 2. The first-order chi connectivity index (χ1) is 15.7. The van der Waals surface area contributed by atoms with Gasteiger partial charge < -0.3 is 25.0 Å². The van der Waals surface area contributed by atoms with Crippen molar-refractivity contribution in [3.8, 4) is 17.2 Å². The van der Waals surface area contributed by atoms with E-state index in [1.807, 2.05) is 38.1 Å². The number of hydrogen-bond acceptors (Lipinski definition) is 5. The lowest BCUT2D eigenvalue weighted by molar-refractivity contribution is 0.0697. The van der Waals surface area contributed by atoms with Crippen molar-refractivity contribution in [2.45, 2.75) is 31.9 Å². The summed E-state index contributed by atoms with van der Waals surface area (Å²) in [6.45, 7) is 4.36. The van der Waals surface area contributed by atoms with Gasteiger partial charge in [-0.05, 0) is 74.4 Å². The highest BCUT2D eigenvalue weighted by atomic mass is 19.1. The van der Waals surface area contributed by atoms with Gasteiger partial charge in [0.15, 0.2) is 11.6 Å². The Morgan fingerprint density at radius 1 is 1.00 bits per heavy atom. The molecule has 0 aliphatic carbocycles. The van der Waals surface area contributed by atoms with E-state index >= 15 is 0 Å². The van der Waals surface area contributed by atoms with E-state index < -0.39 is 17.9 Å². The predicted molar refractivity (Wildman–Crippen MR) is 124 cm³/mol. The third kappa shape index (κ3) is 7.59. The molecule has 3 aromatic rings. The minimum atomic E-state index is -0.979. The van der Waals surface area contributed by atoms with Gasteiger partial charge in [-0.25, -0.2) is 9.18 Å². The number of para-hydroxylation sites is 1. The molecule has 0 aromatic heterocycles. The van der Waals surface area contributed by atoms with Crippen molar-refractivity contribution in [2.75, 3.05) is 13.2 Å². The Balaban J connectivity index is 1.46. The van der Waals surface area contributed by atoms with Crippen molar-refractivity contribution < 1.29 is 28.9 Å². The van der Waals surface area contributed by atoms with E-state index in [-0.39, 0.29) is 23.5 Å². The second-order valence-corrected chi connectivity index (χ2v) is 8.41. The average molecular weight is 454 g/mol. The van der Waals surface area contributed by atoms with Crippen LogP contribution in [-0.2, 0) is 6.42 Å². The summed E-state index contributed by atoms with van der Waals surface area (Å²) in [6.07, 6.45) is -0.0752. The number of hydrogen-bond donors (Lipinski definition) is 3. The fourth-order valence-corrected chi connectivity index (χ4v) is 3.25. The van der Waals surface area contributed by atoms with Crippen LogP contribution in [0.25, 0.3) is 0 Å². The molecule has 3 rings (SSSR count). The van der Waals surface area contributed by atoms with E-state index in [1.165, 1.54) is 24.3 Å². The molecular weight excluding hydrogens is 425 g/mol. The van der Waals surface area contributed by atoms with Crippen LogP contribution in [0.15, 0.2) is 72.8 Å². The molecule has 0 aliphatic rings. The van der Waals surface area contributed by atoms with Crippen LogP contribution >= 0.6 is 0 Å². The zero-order chi connectivity index (χ0) is 23.8. The number of aliphatic hydroxyl groups excluding tert-OH is 1. The number of carboxylic acid groups (broad SMARTS) is 1. The number of aliphatic hydroxyl groups is 1. The van der Waals surface area contributed by atoms with Gasteiger partial charge in [0.25, 0.3) is 0 Å². The fraction of sp³-hybridized carbons (Fsp3) is 0.269. The minimum absolute atomic E-state index is 0.0104. The molecule has 6 nitrogen and oxygen atoms in total. The van der Waals surface area contributed by atoms with E-state index in [2.05, 4.69) is 5.32 Å². The standard InChI is InChI=1S/C26H28FNO5/c1-26(2,28-16-20(29)17-32-24-6-4-3-5-23(24)27)15-18-7-11-21(12-8-18)33-22-13-9-19(10-14-22)25(30)31/h3-14,20,28-29H,15-17H2,1-2H3,(H,30,31)/t20-/m0/s1. The summed E-state index contributed by atoms with van der Waals surface area (Å²) in [5.41, 5.74) is 0.989. The van der Waals surface area contributed by atoms with Gasteiger partial charge in [0.05, 0.1) is 5.56 Å². The lowest BCUT2D eigenvalue weighted by Crippen LogP contribution is -2.46. The topological polar surface area (TPSA) is 88.0 Å². The molecule has 0 saturated carbocycles. The maximum Gasteiger partial charge on any atom is 0.335 e. The Kier molecular flexibility index (Phi) is 8.03. The zero-order valence-corrected chi connectivity index (χ0v) is 18.6. The monoisotopic (exact) mass is 453 g/mol. The van der Waals surface area contributed by atoms with Crippen LogP contribution in [0.5, 0.6) is 17.2 Å². The van der Waals surface area contributed by atoms with Crippen LogP contribution in [0.2, 0.25) is 0 Å². The summed E-state index contributed by atoms with van der Waals surface area (Å²) in [7, 11) is 0. The lowest BCUT2D eigenvalue weighted by Gasteiger charge is -2.28. The Labute approximate surface area is 192 Å². The van der Waals surface area contributed by atoms with Crippen LogP contribution in [0.4, 0.5) is 4.39 Å². The number of nitrogens with one attached hydrogen (secondary N) is 1. The second kappa shape index (κ2) is 10.9. The number of benzene rings is 3. The van der Waals surface area contributed by atoms with Gasteiger partial charge in [-0.2, -0.15) is 0 Å². The van der Waals surface area contributed by atoms with Gasteiger partial charge in [-0.15, -0.1) is 0 Å². The van der Waals surface area contributed by atoms with Crippen molar-refractivity contribution in [3.63, 3.8) is 0 Å². The summed E-state index contributed by atoms with van der Waals surface area (Å²) >= 11 is 0. The highest BCUT2D eigenvalue weighted by molar-refractivity contribution is 5.87. The smallest absolute Gasteiger partial charge is 0.335 e. The third-order valence-electron chi connectivity index (χ3n) is 4.99. The summed E-state index contributed by atoms with van der Waals surface area (Å²) < 4.78 is 24.7. The second-order valence-electron chi connectivity index (χ2n) is 8.41. The molecule has 0 radical (unpaired) electrons. The number of aromatic carboxylic acids is 1. The van der Waals surface area contributed by atoms with E-state index in [0.717, 1.165) is 5.56 Å². The van der Waals surface area contributed by atoms with Crippen molar-refractivity contribution in [1.82, 2.24) is 5.32 Å². The lowest BCUT2D eigenvalue weighted by atomic mass is 9.94. The summed E-state index contributed by atoms with van der Waals surface area (Å²) in [5.74, 6) is -0.111. The number of rotatable bonds is 11. The molecule has 3 N–H and O–H groups in total. The molecule has 174 valence electrons. The molecule has 0 heterocycles. The molecule has 0 saturated heterocycles. The van der Waals surface area contributed by atoms with Gasteiger partial charge in [-0.1, -0.05) is 24.3 Å². The van der Waals surface area contributed by atoms with Crippen LogP contribution in [0, 0.1) is 5.82 Å². The molecule has 0 aliphatic heterocycles. The van der Waals surface area contributed by atoms with Gasteiger partial charge >= 0.3 is 5.97 Å².